The van der Waals surface area contributed by atoms with E-state index in [0.717, 1.165) is 11.1 Å². The maximum Gasteiger partial charge on any atom is 0.319 e. The number of esters is 1. The lowest BCUT2D eigenvalue weighted by atomic mass is 9.96. The molecule has 1 aliphatic rings. The normalized spacial score (nSPS) is 17.6. The zero-order valence-electron chi connectivity index (χ0n) is 10.4. The third-order valence-corrected chi connectivity index (χ3v) is 2.77. The topological polar surface area (TPSA) is 84.3 Å². The highest BCUT2D eigenvalue weighted by atomic mass is 16.5. The van der Waals surface area contributed by atoms with Crippen LogP contribution < -0.4 is 0 Å². The van der Waals surface area contributed by atoms with E-state index in [2.05, 4.69) is 10.0 Å². The summed E-state index contributed by atoms with van der Waals surface area (Å²) in [6.45, 7) is 1.92. The molecule has 0 radical (unpaired) electrons. The second-order valence-electron chi connectivity index (χ2n) is 3.89. The van der Waals surface area contributed by atoms with Crippen molar-refractivity contribution < 1.29 is 14.3 Å². The van der Waals surface area contributed by atoms with Crippen molar-refractivity contribution in [3.63, 3.8) is 0 Å². The van der Waals surface area contributed by atoms with Crippen molar-refractivity contribution in [1.29, 1.82) is 0 Å². The summed E-state index contributed by atoms with van der Waals surface area (Å²) in [7, 11) is 0. The van der Waals surface area contributed by atoms with Crippen molar-refractivity contribution in [1.82, 2.24) is 0 Å². The van der Waals surface area contributed by atoms with Gasteiger partial charge in [-0.1, -0.05) is 29.4 Å². The Morgan fingerprint density at radius 3 is 3.11 bits per heavy atom. The number of benzene rings is 1. The average molecular weight is 259 g/mol. The molecule has 0 N–H and O–H groups in total. The van der Waals surface area contributed by atoms with Crippen LogP contribution in [0.5, 0.6) is 0 Å². The molecule has 0 saturated heterocycles. The zero-order chi connectivity index (χ0) is 13.7. The molecule has 6 heteroatoms. The van der Waals surface area contributed by atoms with E-state index in [-0.39, 0.29) is 6.61 Å². The Labute approximate surface area is 110 Å². The van der Waals surface area contributed by atoms with Crippen LogP contribution in [0.4, 0.5) is 0 Å². The van der Waals surface area contributed by atoms with E-state index in [1.54, 1.807) is 13.0 Å². The number of carbonyl (C=O) groups excluding carboxylic acids is 1. The molecule has 1 aromatic carbocycles. The average Bonchev–Trinajstić information content (AvgIpc) is 2.44. The fourth-order valence-electron chi connectivity index (χ4n) is 1.95. The molecule has 0 aliphatic carbocycles. The minimum Gasteiger partial charge on any atom is -0.492 e. The van der Waals surface area contributed by atoms with Gasteiger partial charge in [-0.05, 0) is 24.1 Å². The van der Waals surface area contributed by atoms with E-state index >= 15 is 0 Å². The zero-order valence-corrected chi connectivity index (χ0v) is 10.4. The first kappa shape index (κ1) is 13.0. The van der Waals surface area contributed by atoms with Crippen LogP contribution >= 0.6 is 0 Å². The monoisotopic (exact) mass is 259 g/mol. The number of azide groups is 1. The van der Waals surface area contributed by atoms with Gasteiger partial charge in [-0.15, -0.1) is 0 Å². The highest BCUT2D eigenvalue weighted by molar-refractivity contribution is 5.77. The Balaban J connectivity index is 2.35. The van der Waals surface area contributed by atoms with Gasteiger partial charge in [-0.25, -0.2) is 0 Å². The van der Waals surface area contributed by atoms with Crippen molar-refractivity contribution in [2.24, 2.45) is 5.11 Å². The molecule has 2 atom stereocenters. The Bertz CT molecular complexity index is 550. The maximum absolute atomic E-state index is 11.9. The van der Waals surface area contributed by atoms with E-state index in [0.29, 0.717) is 0 Å². The number of fused-ring (bicyclic) bond motifs is 1. The van der Waals surface area contributed by atoms with Crippen molar-refractivity contribution >= 4 is 12.0 Å². The minimum absolute atomic E-state index is 0.223. The van der Waals surface area contributed by atoms with E-state index in [4.69, 9.17) is 15.0 Å². The van der Waals surface area contributed by atoms with Crippen LogP contribution in [0.2, 0.25) is 0 Å². The van der Waals surface area contributed by atoms with Gasteiger partial charge in [-0.2, -0.15) is 0 Å². The van der Waals surface area contributed by atoms with Crippen molar-refractivity contribution in [2.45, 2.75) is 19.1 Å². The first-order chi connectivity index (χ1) is 9.27. The van der Waals surface area contributed by atoms with E-state index in [9.17, 15) is 4.79 Å². The number of rotatable bonds is 4. The predicted molar refractivity (Wildman–Crippen MR) is 68.9 cm³/mol. The lowest BCUT2D eigenvalue weighted by Gasteiger charge is -2.26. The van der Waals surface area contributed by atoms with Gasteiger partial charge in [0.2, 0.25) is 0 Å². The van der Waals surface area contributed by atoms with Crippen LogP contribution in [-0.4, -0.2) is 18.6 Å². The smallest absolute Gasteiger partial charge is 0.319 e. The Kier molecular flexibility index (Phi) is 4.05. The molecule has 0 saturated carbocycles. The van der Waals surface area contributed by atoms with Gasteiger partial charge < -0.3 is 9.47 Å². The van der Waals surface area contributed by atoms with Gasteiger partial charge in [0.05, 0.1) is 12.9 Å². The molecule has 2 rings (SSSR count). The van der Waals surface area contributed by atoms with Gasteiger partial charge in [-0.3, -0.25) is 4.79 Å². The van der Waals surface area contributed by atoms with Gasteiger partial charge in [0, 0.05) is 10.5 Å². The van der Waals surface area contributed by atoms with Crippen LogP contribution in [0.1, 0.15) is 24.2 Å². The fourth-order valence-corrected chi connectivity index (χ4v) is 1.95. The number of ether oxygens (including phenoxy) is 2. The third kappa shape index (κ3) is 2.69. The molecule has 1 heterocycles. The molecule has 0 amide bonds. The summed E-state index contributed by atoms with van der Waals surface area (Å²) in [6.07, 6.45) is 2.63. The predicted octanol–water partition coefficient (Wildman–Crippen LogP) is 2.97. The largest absolute Gasteiger partial charge is 0.492 e. The molecule has 98 valence electrons. The first-order valence-corrected chi connectivity index (χ1v) is 5.89. The Morgan fingerprint density at radius 1 is 1.58 bits per heavy atom. The molecule has 6 nitrogen and oxygen atoms in total. The number of hydrogen-bond donors (Lipinski definition) is 0. The van der Waals surface area contributed by atoms with Crippen molar-refractivity contribution in [3.8, 4) is 0 Å². The number of carbonyl (C=O) groups is 1. The van der Waals surface area contributed by atoms with Gasteiger partial charge >= 0.3 is 5.97 Å². The maximum atomic E-state index is 11.9. The van der Waals surface area contributed by atoms with Crippen molar-refractivity contribution in [3.05, 3.63) is 52.1 Å². The lowest BCUT2D eigenvalue weighted by molar-refractivity contribution is -0.147. The lowest BCUT2D eigenvalue weighted by Crippen LogP contribution is -2.30. The van der Waals surface area contributed by atoms with Gasteiger partial charge in [0.25, 0.3) is 0 Å². The molecule has 1 aromatic rings. The highest BCUT2D eigenvalue weighted by Crippen LogP contribution is 2.32. The van der Waals surface area contributed by atoms with Crippen molar-refractivity contribution in [2.75, 3.05) is 6.61 Å². The molecular weight excluding hydrogens is 246 g/mol. The molecule has 19 heavy (non-hydrogen) atoms. The summed E-state index contributed by atoms with van der Waals surface area (Å²) >= 11 is 0. The third-order valence-electron chi connectivity index (χ3n) is 2.77. The second-order valence-corrected chi connectivity index (χ2v) is 3.89. The summed E-state index contributed by atoms with van der Waals surface area (Å²) in [4.78, 5) is 14.6. The van der Waals surface area contributed by atoms with Gasteiger partial charge in [0.1, 0.15) is 6.10 Å². The molecule has 0 bridgehead atoms. The number of hydrogen-bond acceptors (Lipinski definition) is 4. The summed E-state index contributed by atoms with van der Waals surface area (Å²) in [5.74, 6) is -0.588. The SMILES string of the molecule is CCOC(=O)C(N=[N+]=[N-])C1OC=Cc2ccccc21. The fraction of sp³-hybridized carbons (Fsp3) is 0.308. The quantitative estimate of drug-likeness (QED) is 0.360. The summed E-state index contributed by atoms with van der Waals surface area (Å²) in [5.41, 5.74) is 10.3. The summed E-state index contributed by atoms with van der Waals surface area (Å²) in [5, 5.41) is 3.51. The molecule has 0 aromatic heterocycles. The molecule has 0 fully saturated rings. The van der Waals surface area contributed by atoms with Crippen LogP contribution in [0.3, 0.4) is 0 Å². The standard InChI is InChI=1S/C13H13N3O3/c1-2-18-13(17)11(15-16-14)12-10-6-4-3-5-9(10)7-8-19-12/h3-8,11-12H,2H2,1H3. The van der Waals surface area contributed by atoms with E-state index < -0.39 is 18.1 Å². The van der Waals surface area contributed by atoms with Crippen LogP contribution in [0.15, 0.2) is 35.6 Å². The molecule has 2 unspecified atom stereocenters. The second kappa shape index (κ2) is 5.93. The molecular formula is C13H13N3O3. The van der Waals surface area contributed by atoms with Crippen LogP contribution in [0.25, 0.3) is 16.5 Å². The Morgan fingerprint density at radius 2 is 2.37 bits per heavy atom. The number of nitrogens with zero attached hydrogens (tertiary/aromatic N) is 3. The van der Waals surface area contributed by atoms with Gasteiger partial charge in [0.15, 0.2) is 6.04 Å². The highest BCUT2D eigenvalue weighted by Gasteiger charge is 2.33. The molecule has 0 spiro atoms. The van der Waals surface area contributed by atoms with Crippen LogP contribution in [0, 0.1) is 0 Å². The summed E-state index contributed by atoms with van der Waals surface area (Å²) in [6, 6.07) is 6.43. The first-order valence-electron chi connectivity index (χ1n) is 5.89. The Hall–Kier alpha value is -2.46. The minimum atomic E-state index is -1.03. The van der Waals surface area contributed by atoms with E-state index in [1.165, 1.54) is 6.26 Å². The van der Waals surface area contributed by atoms with Crippen LogP contribution in [-0.2, 0) is 14.3 Å². The summed E-state index contributed by atoms with van der Waals surface area (Å²) < 4.78 is 10.4. The molecule has 1 aliphatic heterocycles. The van der Waals surface area contributed by atoms with E-state index in [1.807, 2.05) is 24.3 Å².